The molecule has 0 spiro atoms. The summed E-state index contributed by atoms with van der Waals surface area (Å²) in [5.41, 5.74) is 3.71. The smallest absolute Gasteiger partial charge is 0.426 e. The molecule has 0 radical (unpaired) electrons. The Balaban J connectivity index is 1.87. The largest absolute Gasteiger partial charge is 0.443 e. The molecule has 0 saturated carbocycles. The molecule has 2 rings (SSSR count). The normalized spacial score (nSPS) is 24.9. The number of nitrogens with one attached hydrogen (secondary N) is 2. The molecule has 2 aliphatic rings. The fraction of sp³-hybridized carbons (Fsp3) is 0.750. The number of hydrogen-bond acceptors (Lipinski definition) is 5. The molecular weight excluding hydrogens is 280 g/mol. The van der Waals surface area contributed by atoms with Crippen LogP contribution in [0.4, 0.5) is 9.59 Å². The Morgan fingerprint density at radius 2 is 1.95 bits per heavy atom. The quantitative estimate of drug-likeness (QED) is 0.473. The second-order valence-electron chi connectivity index (χ2n) is 6.14. The number of piperidine rings is 1. The maximum atomic E-state index is 12.0. The average Bonchev–Trinajstić information content (AvgIpc) is 2.60. The summed E-state index contributed by atoms with van der Waals surface area (Å²) >= 11 is 0. The second kappa shape index (κ2) is 5.40. The van der Waals surface area contributed by atoms with Crippen molar-refractivity contribution >= 4 is 18.0 Å². The number of rotatable bonds is 1. The van der Waals surface area contributed by atoms with Crippen LogP contribution in [-0.2, 0) is 9.53 Å². The predicted octanol–water partition coefficient (Wildman–Crippen LogP) is 0.200. The summed E-state index contributed by atoms with van der Waals surface area (Å²) in [6.07, 6.45) is 0.180. The second-order valence-corrected chi connectivity index (χ2v) is 6.14. The summed E-state index contributed by atoms with van der Waals surface area (Å²) in [5, 5.41) is 10.2. The summed E-state index contributed by atoms with van der Waals surface area (Å²) < 4.78 is 4.98. The van der Waals surface area contributed by atoms with Crippen molar-refractivity contribution < 1.29 is 24.3 Å². The summed E-state index contributed by atoms with van der Waals surface area (Å²) in [4.78, 5) is 36.5. The Morgan fingerprint density at radius 3 is 2.57 bits per heavy atom. The minimum absolute atomic E-state index is 0.264. The Morgan fingerprint density at radius 1 is 1.29 bits per heavy atom. The highest BCUT2D eigenvalue weighted by atomic mass is 16.6. The van der Waals surface area contributed by atoms with E-state index in [0.717, 1.165) is 0 Å². The van der Waals surface area contributed by atoms with Gasteiger partial charge in [0.25, 0.3) is 5.91 Å². The first-order valence-corrected chi connectivity index (χ1v) is 6.76. The van der Waals surface area contributed by atoms with Gasteiger partial charge in [-0.1, -0.05) is 0 Å². The van der Waals surface area contributed by atoms with E-state index in [4.69, 9.17) is 4.74 Å². The van der Waals surface area contributed by atoms with Gasteiger partial charge in [-0.2, -0.15) is 0 Å². The van der Waals surface area contributed by atoms with Crippen molar-refractivity contribution in [2.75, 3.05) is 6.54 Å². The number of amides is 4. The number of hydroxylamine groups is 2. The number of hydrazine groups is 1. The van der Waals surface area contributed by atoms with Gasteiger partial charge in [0.15, 0.2) is 0 Å². The highest BCUT2D eigenvalue weighted by molar-refractivity contribution is 5.89. The zero-order chi connectivity index (χ0) is 15.8. The highest BCUT2D eigenvalue weighted by Crippen LogP contribution is 2.28. The summed E-state index contributed by atoms with van der Waals surface area (Å²) in [6, 6.07) is -1.56. The Hall–Kier alpha value is -2.03. The van der Waals surface area contributed by atoms with Crippen LogP contribution in [-0.4, -0.2) is 57.4 Å². The molecule has 3 N–H and O–H groups in total. The fourth-order valence-corrected chi connectivity index (χ4v) is 2.42. The summed E-state index contributed by atoms with van der Waals surface area (Å²) in [7, 11) is 0. The van der Waals surface area contributed by atoms with Crippen LogP contribution in [0.15, 0.2) is 0 Å². The van der Waals surface area contributed by atoms with Crippen molar-refractivity contribution in [3.05, 3.63) is 0 Å². The van der Waals surface area contributed by atoms with Crippen molar-refractivity contribution in [2.45, 2.75) is 51.3 Å². The molecule has 2 bridgehead atoms. The lowest BCUT2D eigenvalue weighted by atomic mass is 10.0. The van der Waals surface area contributed by atoms with Crippen LogP contribution in [0.25, 0.3) is 0 Å². The number of nitrogens with zero attached hydrogens (tertiary/aromatic N) is 2. The highest BCUT2D eigenvalue weighted by Gasteiger charge is 2.46. The Bertz CT molecular complexity index is 461. The van der Waals surface area contributed by atoms with E-state index in [1.165, 1.54) is 4.90 Å². The monoisotopic (exact) mass is 300 g/mol. The third kappa shape index (κ3) is 3.35. The van der Waals surface area contributed by atoms with E-state index in [1.807, 2.05) is 0 Å². The van der Waals surface area contributed by atoms with Crippen LogP contribution < -0.4 is 10.9 Å². The van der Waals surface area contributed by atoms with E-state index in [-0.39, 0.29) is 6.04 Å². The number of carbonyl (C=O) groups excluding carboxylic acids is 3. The molecule has 0 aliphatic carbocycles. The molecule has 118 valence electrons. The molecule has 21 heavy (non-hydrogen) atoms. The fourth-order valence-electron chi connectivity index (χ4n) is 2.42. The van der Waals surface area contributed by atoms with Gasteiger partial charge in [0.2, 0.25) is 0 Å². The Labute approximate surface area is 122 Å². The van der Waals surface area contributed by atoms with E-state index < -0.39 is 29.7 Å². The molecule has 9 nitrogen and oxygen atoms in total. The molecule has 2 saturated heterocycles. The third-order valence-corrected chi connectivity index (χ3v) is 3.33. The van der Waals surface area contributed by atoms with Crippen molar-refractivity contribution in [3.8, 4) is 0 Å². The maximum Gasteiger partial charge on any atom is 0.426 e. The molecule has 9 heteroatoms. The lowest BCUT2D eigenvalue weighted by Gasteiger charge is -2.29. The van der Waals surface area contributed by atoms with E-state index in [9.17, 15) is 19.6 Å². The SMILES string of the molecule is CC(C)(C)OC(=O)NNC(=O)[C@@H]1CCC2CN1C(=O)N2O. The van der Waals surface area contributed by atoms with Crippen molar-refractivity contribution in [2.24, 2.45) is 0 Å². The van der Waals surface area contributed by atoms with Gasteiger partial charge in [0, 0.05) is 6.54 Å². The molecule has 2 fully saturated rings. The van der Waals surface area contributed by atoms with Crippen molar-refractivity contribution in [1.82, 2.24) is 20.8 Å². The molecular formula is C12H20N4O5. The molecule has 2 heterocycles. The first-order chi connectivity index (χ1) is 9.69. The average molecular weight is 300 g/mol. The summed E-state index contributed by atoms with van der Waals surface area (Å²) in [5.74, 6) is -0.511. The molecule has 2 aliphatic heterocycles. The van der Waals surface area contributed by atoms with Crippen LogP contribution in [0, 0.1) is 0 Å². The van der Waals surface area contributed by atoms with Gasteiger partial charge in [-0.25, -0.2) is 20.1 Å². The summed E-state index contributed by atoms with van der Waals surface area (Å²) in [6.45, 7) is 5.41. The molecule has 0 aromatic rings. The lowest BCUT2D eigenvalue weighted by Crippen LogP contribution is -2.54. The van der Waals surface area contributed by atoms with Crippen LogP contribution >= 0.6 is 0 Å². The van der Waals surface area contributed by atoms with Gasteiger partial charge in [0.05, 0.1) is 6.04 Å². The van der Waals surface area contributed by atoms with Crippen LogP contribution in [0.3, 0.4) is 0 Å². The van der Waals surface area contributed by atoms with Gasteiger partial charge in [-0.15, -0.1) is 0 Å². The van der Waals surface area contributed by atoms with Gasteiger partial charge >= 0.3 is 12.1 Å². The maximum absolute atomic E-state index is 12.0. The van der Waals surface area contributed by atoms with E-state index in [1.54, 1.807) is 20.8 Å². The predicted molar refractivity (Wildman–Crippen MR) is 70.0 cm³/mol. The van der Waals surface area contributed by atoms with Crippen LogP contribution in [0.5, 0.6) is 0 Å². The van der Waals surface area contributed by atoms with Gasteiger partial charge in [0.1, 0.15) is 11.6 Å². The Kier molecular flexibility index (Phi) is 3.95. The standard InChI is InChI=1S/C12H20N4O5/c1-12(2,3)21-10(18)14-13-9(17)8-5-4-7-6-15(8)11(19)16(7)20/h7-8,20H,4-6H2,1-3H3,(H,13,17)(H,14,18)/t7?,8-/m0/s1. The van der Waals surface area contributed by atoms with E-state index >= 15 is 0 Å². The third-order valence-electron chi connectivity index (χ3n) is 3.33. The van der Waals surface area contributed by atoms with Crippen molar-refractivity contribution in [3.63, 3.8) is 0 Å². The number of ether oxygens (including phenoxy) is 1. The minimum Gasteiger partial charge on any atom is -0.443 e. The first kappa shape index (κ1) is 15.4. The van der Waals surface area contributed by atoms with Crippen molar-refractivity contribution in [1.29, 1.82) is 0 Å². The van der Waals surface area contributed by atoms with Crippen LogP contribution in [0.1, 0.15) is 33.6 Å². The number of hydrogen-bond donors (Lipinski definition) is 3. The topological polar surface area (TPSA) is 111 Å². The molecule has 0 aromatic carbocycles. The van der Waals surface area contributed by atoms with E-state index in [0.29, 0.717) is 24.4 Å². The first-order valence-electron chi connectivity index (χ1n) is 6.76. The zero-order valence-electron chi connectivity index (χ0n) is 12.3. The number of urea groups is 1. The van der Waals surface area contributed by atoms with Gasteiger partial charge in [-0.05, 0) is 33.6 Å². The van der Waals surface area contributed by atoms with E-state index in [2.05, 4.69) is 10.9 Å². The lowest BCUT2D eigenvalue weighted by molar-refractivity contribution is -0.127. The number of carbonyl (C=O) groups is 3. The molecule has 4 amide bonds. The van der Waals surface area contributed by atoms with Crippen LogP contribution in [0.2, 0.25) is 0 Å². The van der Waals surface area contributed by atoms with Gasteiger partial charge in [-0.3, -0.25) is 15.4 Å². The zero-order valence-corrected chi connectivity index (χ0v) is 12.3. The number of fused-ring (bicyclic) bond motifs is 2. The minimum atomic E-state index is -0.777. The molecule has 2 atom stereocenters. The molecule has 1 unspecified atom stereocenters. The molecule has 0 aromatic heterocycles. The van der Waals surface area contributed by atoms with Gasteiger partial charge < -0.3 is 9.64 Å².